The molecule has 0 aromatic rings. The molecule has 0 radical (unpaired) electrons. The van der Waals surface area contributed by atoms with Crippen molar-refractivity contribution in [2.75, 3.05) is 6.54 Å². The molecule has 0 aromatic carbocycles. The van der Waals surface area contributed by atoms with Crippen molar-refractivity contribution in [3.8, 4) is 0 Å². The molecule has 2 heteroatoms. The summed E-state index contributed by atoms with van der Waals surface area (Å²) in [5.41, 5.74) is 0.342. The molecular weight excluding hydrogens is 134 g/mol. The average molecular weight is 148 g/mol. The maximum atomic E-state index is 3.37. The molecule has 0 saturated carbocycles. The van der Waals surface area contributed by atoms with Crippen LogP contribution in [0, 0.1) is 0 Å². The van der Waals surface area contributed by atoms with Gasteiger partial charge in [-0.25, -0.2) is 0 Å². The van der Waals surface area contributed by atoms with Crippen LogP contribution in [-0.4, -0.2) is 12.1 Å². The van der Waals surface area contributed by atoms with Gasteiger partial charge < -0.3 is 5.32 Å². The van der Waals surface area contributed by atoms with E-state index in [1.54, 1.807) is 0 Å². The fourth-order valence-electron chi connectivity index (χ4n) is 0.869. The Bertz CT molecular complexity index is 107. The Morgan fingerprint density at radius 2 is 2.00 bits per heavy atom. The van der Waals surface area contributed by atoms with Crippen molar-refractivity contribution >= 4 is 12.4 Å². The highest BCUT2D eigenvalue weighted by Gasteiger charge is 2.15. The van der Waals surface area contributed by atoms with Crippen molar-refractivity contribution in [3.63, 3.8) is 0 Å². The zero-order chi connectivity index (χ0) is 6.04. The number of nitrogens with one attached hydrogen (secondary N) is 1. The lowest BCUT2D eigenvalue weighted by molar-refractivity contribution is 0.399. The minimum Gasteiger partial charge on any atom is -0.308 e. The Labute approximate surface area is 62.9 Å². The van der Waals surface area contributed by atoms with Gasteiger partial charge in [0, 0.05) is 12.1 Å². The van der Waals surface area contributed by atoms with Crippen molar-refractivity contribution in [1.29, 1.82) is 0 Å². The van der Waals surface area contributed by atoms with Gasteiger partial charge in [-0.15, -0.1) is 12.4 Å². The van der Waals surface area contributed by atoms with E-state index in [0.29, 0.717) is 5.54 Å². The van der Waals surface area contributed by atoms with Crippen LogP contribution in [0.15, 0.2) is 12.2 Å². The van der Waals surface area contributed by atoms with Gasteiger partial charge in [-0.2, -0.15) is 0 Å². The molecule has 0 amide bonds. The molecule has 1 heterocycles. The fraction of sp³-hybridized carbons (Fsp3) is 0.714. The molecule has 0 aromatic heterocycles. The number of hydrogen-bond donors (Lipinski definition) is 1. The lowest BCUT2D eigenvalue weighted by atomic mass is 9.98. The summed E-state index contributed by atoms with van der Waals surface area (Å²) in [5.74, 6) is 0. The summed E-state index contributed by atoms with van der Waals surface area (Å²) in [6, 6.07) is 0. The molecule has 1 nitrogen and oxygen atoms in total. The molecule has 0 unspecified atom stereocenters. The Morgan fingerprint density at radius 3 is 2.22 bits per heavy atom. The van der Waals surface area contributed by atoms with Crippen LogP contribution in [0.4, 0.5) is 0 Å². The second-order valence-electron chi connectivity index (χ2n) is 2.94. The second-order valence-corrected chi connectivity index (χ2v) is 2.94. The number of hydrogen-bond acceptors (Lipinski definition) is 1. The molecule has 0 aliphatic carbocycles. The Balaban J connectivity index is 0.000000640. The van der Waals surface area contributed by atoms with Gasteiger partial charge in [0.2, 0.25) is 0 Å². The first-order chi connectivity index (χ1) is 3.71. The van der Waals surface area contributed by atoms with Gasteiger partial charge in [-0.1, -0.05) is 12.2 Å². The quantitative estimate of drug-likeness (QED) is 0.515. The van der Waals surface area contributed by atoms with Gasteiger partial charge in [0.1, 0.15) is 0 Å². The van der Waals surface area contributed by atoms with E-state index in [1.807, 2.05) is 0 Å². The smallest absolute Gasteiger partial charge is 0.0162 e. The first-order valence-corrected chi connectivity index (χ1v) is 3.11. The number of rotatable bonds is 0. The van der Waals surface area contributed by atoms with Crippen molar-refractivity contribution < 1.29 is 0 Å². The molecular formula is C7H14ClN. The van der Waals surface area contributed by atoms with Gasteiger partial charge in [-0.05, 0) is 20.3 Å². The summed E-state index contributed by atoms with van der Waals surface area (Å²) in [5, 5.41) is 3.37. The zero-order valence-corrected chi connectivity index (χ0v) is 6.79. The normalized spacial score (nSPS) is 22.9. The zero-order valence-electron chi connectivity index (χ0n) is 5.98. The number of halogens is 1. The molecule has 1 rings (SSSR count). The summed E-state index contributed by atoms with van der Waals surface area (Å²) in [6.45, 7) is 5.47. The first-order valence-electron chi connectivity index (χ1n) is 3.11. The van der Waals surface area contributed by atoms with E-state index in [9.17, 15) is 0 Å². The molecule has 1 aliphatic rings. The van der Waals surface area contributed by atoms with Crippen LogP contribution < -0.4 is 5.32 Å². The molecule has 0 saturated heterocycles. The van der Waals surface area contributed by atoms with E-state index >= 15 is 0 Å². The Kier molecular flexibility index (Phi) is 3.23. The minimum absolute atomic E-state index is 0. The van der Waals surface area contributed by atoms with Crippen LogP contribution >= 0.6 is 12.4 Å². The van der Waals surface area contributed by atoms with Crippen LogP contribution in [0.25, 0.3) is 0 Å². The maximum absolute atomic E-state index is 3.37. The molecule has 54 valence electrons. The van der Waals surface area contributed by atoms with Crippen molar-refractivity contribution in [3.05, 3.63) is 12.2 Å². The van der Waals surface area contributed by atoms with E-state index in [2.05, 4.69) is 31.3 Å². The van der Waals surface area contributed by atoms with Crippen molar-refractivity contribution in [2.45, 2.75) is 25.8 Å². The van der Waals surface area contributed by atoms with Crippen LogP contribution in [0.2, 0.25) is 0 Å². The largest absolute Gasteiger partial charge is 0.308 e. The fourth-order valence-corrected chi connectivity index (χ4v) is 0.869. The van der Waals surface area contributed by atoms with Gasteiger partial charge in [0.25, 0.3) is 0 Å². The van der Waals surface area contributed by atoms with Gasteiger partial charge in [0.05, 0.1) is 0 Å². The van der Waals surface area contributed by atoms with E-state index in [4.69, 9.17) is 0 Å². The van der Waals surface area contributed by atoms with E-state index in [-0.39, 0.29) is 12.4 Å². The van der Waals surface area contributed by atoms with Crippen LogP contribution in [-0.2, 0) is 0 Å². The maximum Gasteiger partial charge on any atom is 0.0162 e. The second kappa shape index (κ2) is 3.23. The van der Waals surface area contributed by atoms with E-state index in [0.717, 1.165) is 13.0 Å². The third-order valence-electron chi connectivity index (χ3n) is 1.49. The van der Waals surface area contributed by atoms with Gasteiger partial charge >= 0.3 is 0 Å². The predicted molar refractivity (Wildman–Crippen MR) is 43.1 cm³/mol. The highest BCUT2D eigenvalue weighted by atomic mass is 35.5. The molecule has 0 bridgehead atoms. The van der Waals surface area contributed by atoms with Crippen LogP contribution in [0.5, 0.6) is 0 Å². The Morgan fingerprint density at radius 1 is 1.33 bits per heavy atom. The summed E-state index contributed by atoms with van der Waals surface area (Å²) < 4.78 is 0. The molecule has 9 heavy (non-hydrogen) atoms. The highest BCUT2D eigenvalue weighted by Crippen LogP contribution is 2.11. The standard InChI is InChI=1S/C7H13N.ClH/c1-7(2)5-3-4-6-8-7;/h3-4,8H,5-6H2,1-2H3;1H. The highest BCUT2D eigenvalue weighted by molar-refractivity contribution is 5.85. The SMILES string of the molecule is CC1(C)CC=CCN1.Cl. The summed E-state index contributed by atoms with van der Waals surface area (Å²) in [7, 11) is 0. The molecule has 1 aliphatic heterocycles. The average Bonchev–Trinajstić information content (AvgIpc) is 1.65. The lowest BCUT2D eigenvalue weighted by Crippen LogP contribution is -2.40. The lowest BCUT2D eigenvalue weighted by Gasteiger charge is -2.26. The summed E-state index contributed by atoms with van der Waals surface area (Å²) >= 11 is 0. The van der Waals surface area contributed by atoms with Gasteiger partial charge in [-0.3, -0.25) is 0 Å². The predicted octanol–water partition coefficient (Wildman–Crippen LogP) is 1.74. The molecule has 0 fully saturated rings. The van der Waals surface area contributed by atoms with Crippen LogP contribution in [0.1, 0.15) is 20.3 Å². The van der Waals surface area contributed by atoms with Crippen LogP contribution in [0.3, 0.4) is 0 Å². The monoisotopic (exact) mass is 147 g/mol. The Hall–Kier alpha value is -0.0100. The molecule has 0 spiro atoms. The minimum atomic E-state index is 0. The third kappa shape index (κ3) is 2.87. The van der Waals surface area contributed by atoms with E-state index in [1.165, 1.54) is 0 Å². The first kappa shape index (κ1) is 8.99. The molecule has 1 N–H and O–H groups in total. The topological polar surface area (TPSA) is 12.0 Å². The summed E-state index contributed by atoms with van der Waals surface area (Å²) in [4.78, 5) is 0. The van der Waals surface area contributed by atoms with Crippen molar-refractivity contribution in [2.24, 2.45) is 0 Å². The summed E-state index contributed by atoms with van der Waals surface area (Å²) in [6.07, 6.45) is 5.56. The van der Waals surface area contributed by atoms with E-state index < -0.39 is 0 Å². The third-order valence-corrected chi connectivity index (χ3v) is 1.49. The molecule has 0 atom stereocenters. The van der Waals surface area contributed by atoms with Crippen molar-refractivity contribution in [1.82, 2.24) is 5.32 Å². The van der Waals surface area contributed by atoms with Gasteiger partial charge in [0.15, 0.2) is 0 Å².